The van der Waals surface area contributed by atoms with Crippen LogP contribution in [-0.2, 0) is 6.54 Å². The highest BCUT2D eigenvalue weighted by Gasteiger charge is 2.02. The largest absolute Gasteiger partial charge is 0.366 e. The molecular formula is C12H10ClN3S. The first-order chi connectivity index (χ1) is 8.19. The van der Waals surface area contributed by atoms with Crippen molar-refractivity contribution in [1.82, 2.24) is 4.98 Å². The Kier molecular flexibility index (Phi) is 3.62. The molecule has 0 amide bonds. The molecule has 0 radical (unpaired) electrons. The van der Waals surface area contributed by atoms with Gasteiger partial charge in [-0.1, -0.05) is 11.6 Å². The number of pyridine rings is 1. The zero-order chi connectivity index (χ0) is 12.3. The maximum Gasteiger partial charge on any atom is 0.132 e. The van der Waals surface area contributed by atoms with Crippen LogP contribution in [0.15, 0.2) is 22.9 Å². The highest BCUT2D eigenvalue weighted by molar-refractivity contribution is 7.08. The Balaban J connectivity index is 2.12. The van der Waals surface area contributed by atoms with Crippen LogP contribution in [0.4, 0.5) is 5.82 Å². The van der Waals surface area contributed by atoms with Crippen molar-refractivity contribution in [2.24, 2.45) is 0 Å². The number of hydrogen-bond donors (Lipinski definition) is 1. The summed E-state index contributed by atoms with van der Waals surface area (Å²) in [4.78, 5) is 4.12. The van der Waals surface area contributed by atoms with Crippen LogP contribution in [0, 0.1) is 18.3 Å². The molecule has 0 aliphatic heterocycles. The minimum Gasteiger partial charge on any atom is -0.366 e. The summed E-state index contributed by atoms with van der Waals surface area (Å²) in [6.45, 7) is 2.76. The lowest BCUT2D eigenvalue weighted by molar-refractivity contribution is 1.10. The Morgan fingerprint density at radius 1 is 1.47 bits per heavy atom. The molecule has 2 rings (SSSR count). The van der Waals surface area contributed by atoms with Gasteiger partial charge in [0.25, 0.3) is 0 Å². The molecule has 0 atom stereocenters. The molecule has 0 unspecified atom stereocenters. The fourth-order valence-electron chi connectivity index (χ4n) is 1.41. The Morgan fingerprint density at radius 2 is 2.29 bits per heavy atom. The minimum absolute atomic E-state index is 0.327. The average molecular weight is 264 g/mol. The molecule has 0 fully saturated rings. The minimum atomic E-state index is 0.327. The predicted octanol–water partition coefficient (Wildman–Crippen LogP) is 3.59. The fourth-order valence-corrected chi connectivity index (χ4v) is 2.47. The first kappa shape index (κ1) is 11.9. The van der Waals surface area contributed by atoms with Gasteiger partial charge in [-0.25, -0.2) is 4.98 Å². The van der Waals surface area contributed by atoms with Crippen molar-refractivity contribution in [1.29, 1.82) is 5.26 Å². The van der Waals surface area contributed by atoms with E-state index >= 15 is 0 Å². The molecular weight excluding hydrogens is 254 g/mol. The van der Waals surface area contributed by atoms with Gasteiger partial charge in [-0.05, 0) is 40.9 Å². The monoisotopic (exact) mass is 263 g/mol. The molecule has 3 nitrogen and oxygen atoms in total. The molecule has 0 aliphatic rings. The number of aryl methyl sites for hydroxylation is 1. The number of nitrogens with one attached hydrogen (secondary N) is 1. The highest BCUT2D eigenvalue weighted by atomic mass is 35.5. The van der Waals surface area contributed by atoms with Crippen molar-refractivity contribution >= 4 is 28.8 Å². The summed E-state index contributed by atoms with van der Waals surface area (Å²) in [6, 6.07) is 5.28. The number of halogens is 1. The number of thiophene rings is 1. The number of rotatable bonds is 3. The summed E-state index contributed by atoms with van der Waals surface area (Å²) in [5, 5.41) is 16.5. The number of nitrogens with zero attached hydrogens (tertiary/aromatic N) is 2. The number of hydrogen-bond acceptors (Lipinski definition) is 4. The molecule has 2 aromatic heterocycles. The summed E-state index contributed by atoms with van der Waals surface area (Å²) in [7, 11) is 0. The zero-order valence-electron chi connectivity index (χ0n) is 9.20. The van der Waals surface area contributed by atoms with Gasteiger partial charge in [-0.3, -0.25) is 0 Å². The quantitative estimate of drug-likeness (QED) is 0.861. The van der Waals surface area contributed by atoms with Crippen LogP contribution in [0.25, 0.3) is 0 Å². The standard InChI is InChI=1S/C12H10ClN3S/c1-8-6-17-7-10(8)5-15-12-3-9(4-14)2-11(13)16-12/h2-3,6-7H,5H2,1H3,(H,15,16). The summed E-state index contributed by atoms with van der Waals surface area (Å²) in [5.74, 6) is 0.625. The van der Waals surface area contributed by atoms with E-state index < -0.39 is 0 Å². The molecule has 2 aromatic rings. The lowest BCUT2D eigenvalue weighted by atomic mass is 10.2. The van der Waals surface area contributed by atoms with E-state index in [2.05, 4.69) is 34.1 Å². The van der Waals surface area contributed by atoms with Gasteiger partial charge in [0.15, 0.2) is 0 Å². The molecule has 0 bridgehead atoms. The molecule has 0 saturated carbocycles. The van der Waals surface area contributed by atoms with Crippen LogP contribution < -0.4 is 5.32 Å². The Morgan fingerprint density at radius 3 is 2.94 bits per heavy atom. The van der Waals surface area contributed by atoms with Gasteiger partial charge in [0, 0.05) is 6.54 Å². The molecule has 0 spiro atoms. The van der Waals surface area contributed by atoms with Crippen molar-refractivity contribution < 1.29 is 0 Å². The van der Waals surface area contributed by atoms with E-state index in [4.69, 9.17) is 16.9 Å². The molecule has 2 heterocycles. The van der Waals surface area contributed by atoms with Gasteiger partial charge in [-0.15, -0.1) is 0 Å². The second-order valence-electron chi connectivity index (χ2n) is 3.61. The van der Waals surface area contributed by atoms with Gasteiger partial charge < -0.3 is 5.32 Å². The van der Waals surface area contributed by atoms with Crippen LogP contribution >= 0.6 is 22.9 Å². The third kappa shape index (κ3) is 2.96. The van der Waals surface area contributed by atoms with Gasteiger partial charge >= 0.3 is 0 Å². The first-order valence-electron chi connectivity index (χ1n) is 5.02. The van der Waals surface area contributed by atoms with Crippen LogP contribution in [0.2, 0.25) is 5.15 Å². The van der Waals surface area contributed by atoms with Crippen molar-refractivity contribution in [3.8, 4) is 6.07 Å². The van der Waals surface area contributed by atoms with E-state index in [0.717, 1.165) is 0 Å². The Labute approximate surface area is 109 Å². The highest BCUT2D eigenvalue weighted by Crippen LogP contribution is 2.17. The number of nitriles is 1. The molecule has 0 aliphatic carbocycles. The fraction of sp³-hybridized carbons (Fsp3) is 0.167. The normalized spacial score (nSPS) is 9.94. The zero-order valence-corrected chi connectivity index (χ0v) is 10.8. The third-order valence-corrected chi connectivity index (χ3v) is 3.45. The van der Waals surface area contributed by atoms with E-state index in [-0.39, 0.29) is 0 Å². The van der Waals surface area contributed by atoms with Crippen molar-refractivity contribution in [2.75, 3.05) is 5.32 Å². The molecule has 17 heavy (non-hydrogen) atoms. The van der Waals surface area contributed by atoms with Crippen molar-refractivity contribution in [3.63, 3.8) is 0 Å². The summed E-state index contributed by atoms with van der Waals surface area (Å²) >= 11 is 7.49. The predicted molar refractivity (Wildman–Crippen MR) is 70.3 cm³/mol. The van der Waals surface area contributed by atoms with E-state index in [1.54, 1.807) is 23.5 Å². The van der Waals surface area contributed by atoms with Gasteiger partial charge in [0.05, 0.1) is 11.6 Å². The molecule has 0 saturated heterocycles. The van der Waals surface area contributed by atoms with E-state index in [0.29, 0.717) is 23.1 Å². The maximum atomic E-state index is 8.82. The topological polar surface area (TPSA) is 48.7 Å². The van der Waals surface area contributed by atoms with Crippen LogP contribution in [0.3, 0.4) is 0 Å². The average Bonchev–Trinajstić information content (AvgIpc) is 2.71. The third-order valence-electron chi connectivity index (χ3n) is 2.34. The van der Waals surface area contributed by atoms with Crippen molar-refractivity contribution in [2.45, 2.75) is 13.5 Å². The smallest absolute Gasteiger partial charge is 0.132 e. The van der Waals surface area contributed by atoms with Crippen LogP contribution in [0.5, 0.6) is 0 Å². The number of aromatic nitrogens is 1. The second kappa shape index (κ2) is 5.17. The summed E-state index contributed by atoms with van der Waals surface area (Å²) in [5.41, 5.74) is 3.00. The first-order valence-corrected chi connectivity index (χ1v) is 6.34. The SMILES string of the molecule is Cc1cscc1CNc1cc(C#N)cc(Cl)n1. The summed E-state index contributed by atoms with van der Waals surface area (Å²) in [6.07, 6.45) is 0. The Bertz CT molecular complexity index is 571. The van der Waals surface area contributed by atoms with Crippen LogP contribution in [0.1, 0.15) is 16.7 Å². The molecule has 86 valence electrons. The molecule has 1 N–H and O–H groups in total. The lowest BCUT2D eigenvalue weighted by Gasteiger charge is -2.06. The maximum absolute atomic E-state index is 8.82. The van der Waals surface area contributed by atoms with E-state index in [1.165, 1.54) is 11.1 Å². The molecule has 5 heteroatoms. The van der Waals surface area contributed by atoms with Crippen LogP contribution in [-0.4, -0.2) is 4.98 Å². The van der Waals surface area contributed by atoms with E-state index in [9.17, 15) is 0 Å². The number of anilines is 1. The second-order valence-corrected chi connectivity index (χ2v) is 4.74. The van der Waals surface area contributed by atoms with E-state index in [1.807, 2.05) is 0 Å². The van der Waals surface area contributed by atoms with Gasteiger partial charge in [-0.2, -0.15) is 16.6 Å². The van der Waals surface area contributed by atoms with Gasteiger partial charge in [0.2, 0.25) is 0 Å². The van der Waals surface area contributed by atoms with Gasteiger partial charge in [0.1, 0.15) is 11.0 Å². The summed E-state index contributed by atoms with van der Waals surface area (Å²) < 4.78 is 0. The molecule has 0 aromatic carbocycles. The van der Waals surface area contributed by atoms with Crippen molar-refractivity contribution in [3.05, 3.63) is 44.7 Å². The lowest BCUT2D eigenvalue weighted by Crippen LogP contribution is -2.02. The Hall–Kier alpha value is -1.57.